The predicted octanol–water partition coefficient (Wildman–Crippen LogP) is 3.64. The third-order valence-corrected chi connectivity index (χ3v) is 5.15. The minimum atomic E-state index is -0.458. The van der Waals surface area contributed by atoms with Crippen molar-refractivity contribution in [3.8, 4) is 11.5 Å². The van der Waals surface area contributed by atoms with Crippen LogP contribution in [0.4, 0.5) is 0 Å². The largest absolute Gasteiger partial charge is 0.507 e. The van der Waals surface area contributed by atoms with Crippen LogP contribution in [0.5, 0.6) is 11.5 Å². The summed E-state index contributed by atoms with van der Waals surface area (Å²) in [5.41, 5.74) is 1.99. The highest BCUT2D eigenvalue weighted by Crippen LogP contribution is 2.14. The molecule has 3 rings (SSSR count). The molecule has 3 aromatic rings. The maximum Gasteiger partial charge on any atom is 0.306 e. The molecule has 0 unspecified atom stereocenters. The lowest BCUT2D eigenvalue weighted by Crippen LogP contribution is -2.39. The molecule has 186 valence electrons. The van der Waals surface area contributed by atoms with E-state index in [1.807, 2.05) is 30.3 Å². The maximum atomic E-state index is 12.5. The van der Waals surface area contributed by atoms with Crippen LogP contribution in [0.15, 0.2) is 88.8 Å². The lowest BCUT2D eigenvalue weighted by Gasteiger charge is -2.15. The number of ether oxygens (including phenoxy) is 1. The quantitative estimate of drug-likeness (QED) is 0.266. The van der Waals surface area contributed by atoms with E-state index >= 15 is 0 Å². The Morgan fingerprint density at radius 2 is 1.31 bits per heavy atom. The Labute approximate surface area is 210 Å². The Morgan fingerprint density at radius 3 is 1.86 bits per heavy atom. The van der Waals surface area contributed by atoms with Crippen LogP contribution in [-0.4, -0.2) is 53.7 Å². The van der Waals surface area contributed by atoms with Crippen LogP contribution in [0.2, 0.25) is 0 Å². The minimum absolute atomic E-state index is 0.0313. The fourth-order valence-corrected chi connectivity index (χ4v) is 3.22. The lowest BCUT2D eigenvalue weighted by atomic mass is 10.2. The average molecular weight is 488 g/mol. The molecular formula is C28H29N3O5. The molecule has 0 aromatic heterocycles. The van der Waals surface area contributed by atoms with Crippen molar-refractivity contribution in [2.45, 2.75) is 25.5 Å². The van der Waals surface area contributed by atoms with Crippen LogP contribution in [-0.2, 0) is 20.9 Å². The Kier molecular flexibility index (Phi) is 10.2. The van der Waals surface area contributed by atoms with Gasteiger partial charge in [0.1, 0.15) is 18.1 Å². The van der Waals surface area contributed by atoms with E-state index in [1.54, 1.807) is 48.5 Å². The number of hydrogen-bond donors (Lipinski definition) is 3. The van der Waals surface area contributed by atoms with Crippen LogP contribution < -0.4 is 5.32 Å². The Bertz CT molecular complexity index is 1140. The number of nitrogens with zero attached hydrogens (tertiary/aromatic N) is 2. The third-order valence-electron chi connectivity index (χ3n) is 5.15. The van der Waals surface area contributed by atoms with Gasteiger partial charge in [0, 0.05) is 30.0 Å². The van der Waals surface area contributed by atoms with E-state index in [4.69, 9.17) is 4.74 Å². The first-order chi connectivity index (χ1) is 17.5. The second-order valence-electron chi connectivity index (χ2n) is 8.02. The predicted molar refractivity (Wildman–Crippen MR) is 139 cm³/mol. The number of aliphatic imine (C=N–C) groups is 2. The number of amides is 1. The molecule has 8 nitrogen and oxygen atoms in total. The van der Waals surface area contributed by atoms with Crippen LogP contribution in [0, 0.1) is 0 Å². The van der Waals surface area contributed by atoms with Crippen LogP contribution in [0.25, 0.3) is 0 Å². The van der Waals surface area contributed by atoms with E-state index < -0.39 is 12.0 Å². The number of carbonyl (C=O) groups is 2. The summed E-state index contributed by atoms with van der Waals surface area (Å²) < 4.78 is 5.22. The summed E-state index contributed by atoms with van der Waals surface area (Å²) >= 11 is 0. The number of aromatic hydroxyl groups is 2. The van der Waals surface area contributed by atoms with Crippen molar-refractivity contribution in [3.63, 3.8) is 0 Å². The number of benzene rings is 3. The molecule has 0 aliphatic carbocycles. The van der Waals surface area contributed by atoms with Crippen molar-refractivity contribution in [2.75, 3.05) is 13.1 Å². The summed E-state index contributed by atoms with van der Waals surface area (Å²) in [4.78, 5) is 33.2. The van der Waals surface area contributed by atoms with Gasteiger partial charge in [-0.3, -0.25) is 19.6 Å². The third kappa shape index (κ3) is 9.06. The molecule has 3 aromatic carbocycles. The summed E-state index contributed by atoms with van der Waals surface area (Å²) in [6.07, 6.45) is 2.98. The van der Waals surface area contributed by atoms with Crippen LogP contribution in [0.1, 0.15) is 29.5 Å². The normalized spacial score (nSPS) is 11.2. The molecule has 0 aliphatic rings. The molecule has 0 atom stereocenters. The second kappa shape index (κ2) is 14.1. The molecule has 36 heavy (non-hydrogen) atoms. The van der Waals surface area contributed by atoms with E-state index in [0.29, 0.717) is 11.1 Å². The smallest absolute Gasteiger partial charge is 0.306 e. The molecule has 0 bridgehead atoms. The molecular weight excluding hydrogens is 458 g/mol. The molecule has 8 heteroatoms. The number of phenols is 2. The molecule has 0 saturated heterocycles. The lowest BCUT2D eigenvalue weighted by molar-refractivity contribution is -0.146. The van der Waals surface area contributed by atoms with Crippen molar-refractivity contribution in [1.29, 1.82) is 0 Å². The molecule has 1 amide bonds. The maximum absolute atomic E-state index is 12.5. The van der Waals surface area contributed by atoms with Gasteiger partial charge in [-0.1, -0.05) is 54.6 Å². The van der Waals surface area contributed by atoms with E-state index in [9.17, 15) is 19.8 Å². The van der Waals surface area contributed by atoms with Gasteiger partial charge in [0.25, 0.3) is 0 Å². The second-order valence-corrected chi connectivity index (χ2v) is 8.02. The highest BCUT2D eigenvalue weighted by atomic mass is 16.5. The first kappa shape index (κ1) is 26.2. The molecule has 0 radical (unpaired) electrons. The summed E-state index contributed by atoms with van der Waals surface area (Å²) in [7, 11) is 0. The molecule has 0 fully saturated rings. The molecule has 0 heterocycles. The van der Waals surface area contributed by atoms with E-state index in [0.717, 1.165) is 5.56 Å². The fourth-order valence-electron chi connectivity index (χ4n) is 3.22. The van der Waals surface area contributed by atoms with Gasteiger partial charge in [0.05, 0.1) is 25.6 Å². The standard InChI is InChI=1S/C28H29N3O5/c32-25-12-6-4-10-22(25)16-29-18-24(19-30-17-23-11-5-7-13-26(23)33)31-27(34)14-15-28(35)36-20-21-8-2-1-3-9-21/h1-13,16-17,24,32-33H,14-15,18-20H2,(H,31,34)/b29-16+,30-17+. The molecule has 3 N–H and O–H groups in total. The average Bonchev–Trinajstić information content (AvgIpc) is 2.89. The zero-order valence-electron chi connectivity index (χ0n) is 19.8. The minimum Gasteiger partial charge on any atom is -0.507 e. The van der Waals surface area contributed by atoms with Gasteiger partial charge in [-0.25, -0.2) is 0 Å². The van der Waals surface area contributed by atoms with Gasteiger partial charge in [0.15, 0.2) is 0 Å². The van der Waals surface area contributed by atoms with Gasteiger partial charge < -0.3 is 20.3 Å². The highest BCUT2D eigenvalue weighted by Gasteiger charge is 2.14. The van der Waals surface area contributed by atoms with E-state index in [-0.39, 0.29) is 49.9 Å². The summed E-state index contributed by atoms with van der Waals surface area (Å²) in [5.74, 6) is -0.574. The van der Waals surface area contributed by atoms with Crippen molar-refractivity contribution in [3.05, 3.63) is 95.6 Å². The number of nitrogens with one attached hydrogen (secondary N) is 1. The zero-order valence-corrected chi connectivity index (χ0v) is 19.8. The number of carbonyl (C=O) groups excluding carboxylic acids is 2. The van der Waals surface area contributed by atoms with Crippen molar-refractivity contribution < 1.29 is 24.5 Å². The number of esters is 1. The van der Waals surface area contributed by atoms with Crippen molar-refractivity contribution in [2.24, 2.45) is 9.98 Å². The van der Waals surface area contributed by atoms with Crippen LogP contribution >= 0.6 is 0 Å². The summed E-state index contributed by atoms with van der Waals surface area (Å²) in [5, 5.41) is 22.7. The van der Waals surface area contributed by atoms with Gasteiger partial charge in [0.2, 0.25) is 5.91 Å². The van der Waals surface area contributed by atoms with Crippen LogP contribution in [0.3, 0.4) is 0 Å². The SMILES string of the molecule is O=C(CCC(=O)OCc1ccccc1)NC(C/N=C/c1ccccc1O)C/N=C/c1ccccc1O. The molecule has 0 saturated carbocycles. The summed E-state index contributed by atoms with van der Waals surface area (Å²) in [6.45, 7) is 0.569. The van der Waals surface area contributed by atoms with Gasteiger partial charge in [-0.2, -0.15) is 0 Å². The number of phenolic OH excluding ortho intramolecular Hbond substituents is 2. The molecule has 0 spiro atoms. The fraction of sp³-hybridized carbons (Fsp3) is 0.214. The zero-order chi connectivity index (χ0) is 25.6. The van der Waals surface area contributed by atoms with Crippen molar-refractivity contribution in [1.82, 2.24) is 5.32 Å². The first-order valence-corrected chi connectivity index (χ1v) is 11.6. The Hall–Kier alpha value is -4.46. The van der Waals surface area contributed by atoms with Gasteiger partial charge in [-0.15, -0.1) is 0 Å². The van der Waals surface area contributed by atoms with Gasteiger partial charge in [-0.05, 0) is 29.8 Å². The van der Waals surface area contributed by atoms with E-state index in [2.05, 4.69) is 15.3 Å². The number of rotatable bonds is 12. The highest BCUT2D eigenvalue weighted by molar-refractivity contribution is 5.84. The Balaban J connectivity index is 1.54. The monoisotopic (exact) mass is 487 g/mol. The number of para-hydroxylation sites is 2. The van der Waals surface area contributed by atoms with Gasteiger partial charge >= 0.3 is 5.97 Å². The summed E-state index contributed by atoms with van der Waals surface area (Å²) in [6, 6.07) is 22.4. The Morgan fingerprint density at radius 1 is 0.778 bits per heavy atom. The first-order valence-electron chi connectivity index (χ1n) is 11.6. The molecule has 0 aliphatic heterocycles. The van der Waals surface area contributed by atoms with E-state index in [1.165, 1.54) is 12.4 Å². The topological polar surface area (TPSA) is 121 Å². The van der Waals surface area contributed by atoms with Crippen molar-refractivity contribution >= 4 is 24.3 Å². The number of hydrogen-bond acceptors (Lipinski definition) is 7.